The van der Waals surface area contributed by atoms with Gasteiger partial charge in [0.1, 0.15) is 0 Å². The average Bonchev–Trinajstić information content (AvgIpc) is 3.22. The minimum absolute atomic E-state index is 0.175. The van der Waals surface area contributed by atoms with Crippen LogP contribution in [0.5, 0.6) is 0 Å². The lowest BCUT2D eigenvalue weighted by molar-refractivity contribution is -0.115. The van der Waals surface area contributed by atoms with E-state index in [2.05, 4.69) is 15.6 Å². The maximum absolute atomic E-state index is 12.6. The molecule has 1 aliphatic rings. The van der Waals surface area contributed by atoms with Crippen LogP contribution in [0.1, 0.15) is 6.42 Å². The van der Waals surface area contributed by atoms with Gasteiger partial charge in [-0.25, -0.2) is 13.4 Å². The summed E-state index contributed by atoms with van der Waals surface area (Å²) >= 11 is 0. The number of nitrogens with one attached hydrogen (secondary N) is 2. The molecular formula is C18H25N5O4S. The molecule has 9 nitrogen and oxygen atoms in total. The van der Waals surface area contributed by atoms with E-state index in [4.69, 9.17) is 4.74 Å². The Morgan fingerprint density at radius 3 is 2.61 bits per heavy atom. The van der Waals surface area contributed by atoms with Crippen molar-refractivity contribution in [1.29, 1.82) is 0 Å². The van der Waals surface area contributed by atoms with Crippen LogP contribution in [0.3, 0.4) is 0 Å². The van der Waals surface area contributed by atoms with Gasteiger partial charge in [-0.05, 0) is 37.2 Å². The van der Waals surface area contributed by atoms with Crippen molar-refractivity contribution in [3.63, 3.8) is 0 Å². The molecule has 2 heterocycles. The maximum Gasteiger partial charge on any atom is 0.243 e. The molecule has 1 aromatic heterocycles. The quantitative estimate of drug-likeness (QED) is 0.587. The van der Waals surface area contributed by atoms with E-state index < -0.39 is 10.0 Å². The molecule has 0 aliphatic carbocycles. The van der Waals surface area contributed by atoms with Gasteiger partial charge >= 0.3 is 0 Å². The smallest absolute Gasteiger partial charge is 0.243 e. The van der Waals surface area contributed by atoms with Crippen LogP contribution in [0.2, 0.25) is 0 Å². The lowest BCUT2D eigenvalue weighted by Gasteiger charge is -2.26. The second-order valence-corrected chi connectivity index (χ2v) is 8.36. The summed E-state index contributed by atoms with van der Waals surface area (Å²) in [5.74, 6) is -0.175. The number of ether oxygens (including phenoxy) is 1. The summed E-state index contributed by atoms with van der Waals surface area (Å²) < 4.78 is 33.7. The van der Waals surface area contributed by atoms with Gasteiger partial charge in [-0.15, -0.1) is 0 Å². The first kappa shape index (κ1) is 20.5. The molecule has 0 atom stereocenters. The normalized spacial score (nSPS) is 15.4. The number of aromatic nitrogens is 2. The molecule has 1 aliphatic heterocycles. The third-order valence-electron chi connectivity index (χ3n) is 4.36. The van der Waals surface area contributed by atoms with Crippen molar-refractivity contribution >= 4 is 21.6 Å². The number of amides is 1. The number of anilines is 1. The summed E-state index contributed by atoms with van der Waals surface area (Å²) in [4.78, 5) is 16.2. The summed E-state index contributed by atoms with van der Waals surface area (Å²) in [6.07, 6.45) is 6.28. The van der Waals surface area contributed by atoms with Crippen LogP contribution in [0.25, 0.3) is 0 Å². The number of rotatable bonds is 9. The minimum Gasteiger partial charge on any atom is -0.379 e. The van der Waals surface area contributed by atoms with Gasteiger partial charge in [0.15, 0.2) is 0 Å². The number of carbonyl (C=O) groups is 1. The van der Waals surface area contributed by atoms with Gasteiger partial charge in [0.05, 0.1) is 31.0 Å². The van der Waals surface area contributed by atoms with Crippen molar-refractivity contribution in [3.8, 4) is 0 Å². The predicted molar refractivity (Wildman–Crippen MR) is 104 cm³/mol. The molecule has 3 rings (SSSR count). The lowest BCUT2D eigenvalue weighted by atomic mass is 10.3. The van der Waals surface area contributed by atoms with E-state index in [1.807, 2.05) is 10.8 Å². The van der Waals surface area contributed by atoms with Crippen LogP contribution >= 0.6 is 0 Å². The number of carbonyl (C=O) groups excluding carboxylic acids is 1. The Morgan fingerprint density at radius 1 is 1.18 bits per heavy atom. The molecule has 0 spiro atoms. The molecule has 0 saturated carbocycles. The molecule has 1 amide bonds. The topological polar surface area (TPSA) is 106 Å². The zero-order valence-corrected chi connectivity index (χ0v) is 16.4. The lowest BCUT2D eigenvalue weighted by Crippen LogP contribution is -2.40. The third kappa shape index (κ3) is 5.61. The molecule has 2 N–H and O–H groups in total. The van der Waals surface area contributed by atoms with E-state index in [0.29, 0.717) is 38.5 Å². The first-order valence-electron chi connectivity index (χ1n) is 9.20. The summed E-state index contributed by atoms with van der Waals surface area (Å²) in [5.41, 5.74) is 0.561. The zero-order valence-electron chi connectivity index (χ0n) is 15.6. The monoisotopic (exact) mass is 407 g/mol. The molecule has 1 aromatic carbocycles. The number of sulfonamides is 1. The number of benzene rings is 1. The number of hydrogen-bond donors (Lipinski definition) is 2. The summed E-state index contributed by atoms with van der Waals surface area (Å²) in [6.45, 7) is 3.26. The van der Waals surface area contributed by atoms with Crippen molar-refractivity contribution in [1.82, 2.24) is 19.2 Å². The fourth-order valence-electron chi connectivity index (χ4n) is 2.86. The minimum atomic E-state index is -3.52. The number of nitrogens with zero attached hydrogens (tertiary/aromatic N) is 3. The predicted octanol–water partition coefficient (Wildman–Crippen LogP) is 0.522. The number of morpholine rings is 1. The Morgan fingerprint density at radius 2 is 1.93 bits per heavy atom. The average molecular weight is 407 g/mol. The molecule has 0 unspecified atom stereocenters. The van der Waals surface area contributed by atoms with E-state index >= 15 is 0 Å². The first-order valence-corrected chi connectivity index (χ1v) is 10.6. The van der Waals surface area contributed by atoms with E-state index in [9.17, 15) is 13.2 Å². The van der Waals surface area contributed by atoms with Crippen LogP contribution in [0, 0.1) is 0 Å². The van der Waals surface area contributed by atoms with Gasteiger partial charge in [0, 0.05) is 37.7 Å². The highest BCUT2D eigenvalue weighted by atomic mass is 32.2. The third-order valence-corrected chi connectivity index (χ3v) is 6.27. The molecule has 1 saturated heterocycles. The molecule has 0 bridgehead atoms. The van der Waals surface area contributed by atoms with Crippen LogP contribution in [-0.4, -0.2) is 67.6 Å². The molecular weight excluding hydrogens is 382 g/mol. The Balaban J connectivity index is 1.42. The van der Waals surface area contributed by atoms with E-state index in [-0.39, 0.29) is 17.3 Å². The fraction of sp³-hybridized carbons (Fsp3) is 0.444. The Kier molecular flexibility index (Phi) is 7.15. The molecule has 10 heteroatoms. The number of hydrogen-bond acceptors (Lipinski definition) is 6. The van der Waals surface area contributed by atoms with Gasteiger partial charge in [0.2, 0.25) is 15.9 Å². The van der Waals surface area contributed by atoms with Gasteiger partial charge < -0.3 is 19.9 Å². The Bertz CT molecular complexity index is 847. The highest BCUT2D eigenvalue weighted by Gasteiger charge is 2.26. The Labute approximate surface area is 164 Å². The first-order chi connectivity index (χ1) is 13.6. The van der Waals surface area contributed by atoms with Crippen molar-refractivity contribution in [2.24, 2.45) is 0 Å². The van der Waals surface area contributed by atoms with E-state index in [1.165, 1.54) is 16.4 Å². The summed E-state index contributed by atoms with van der Waals surface area (Å²) in [6, 6.07) is 6.23. The zero-order chi connectivity index (χ0) is 19.8. The largest absolute Gasteiger partial charge is 0.379 e. The number of aryl methyl sites for hydroxylation is 1. The molecule has 2 aromatic rings. The van der Waals surface area contributed by atoms with Crippen LogP contribution < -0.4 is 10.6 Å². The highest BCUT2D eigenvalue weighted by Crippen LogP contribution is 2.19. The van der Waals surface area contributed by atoms with E-state index in [1.54, 1.807) is 24.7 Å². The van der Waals surface area contributed by atoms with Gasteiger partial charge in [-0.2, -0.15) is 4.31 Å². The van der Waals surface area contributed by atoms with Crippen LogP contribution in [0.15, 0.2) is 47.9 Å². The van der Waals surface area contributed by atoms with Crippen molar-refractivity contribution in [2.75, 3.05) is 44.7 Å². The van der Waals surface area contributed by atoms with Crippen molar-refractivity contribution < 1.29 is 17.9 Å². The highest BCUT2D eigenvalue weighted by molar-refractivity contribution is 7.89. The van der Waals surface area contributed by atoms with Gasteiger partial charge in [0.25, 0.3) is 0 Å². The summed E-state index contributed by atoms with van der Waals surface area (Å²) in [5, 5.41) is 5.85. The molecule has 0 radical (unpaired) electrons. The van der Waals surface area contributed by atoms with Crippen molar-refractivity contribution in [2.45, 2.75) is 17.9 Å². The van der Waals surface area contributed by atoms with Gasteiger partial charge in [-0.1, -0.05) is 0 Å². The standard InChI is InChI=1S/C18H25N5O4S/c24-18(14-19-6-1-8-22-9-7-20-15-22)21-16-2-4-17(5-3-16)28(25,26)23-10-12-27-13-11-23/h2-5,7,9,15,19H,1,6,8,10-14H2,(H,21,24). The molecule has 1 fully saturated rings. The molecule has 28 heavy (non-hydrogen) atoms. The maximum atomic E-state index is 12.6. The fourth-order valence-corrected chi connectivity index (χ4v) is 4.27. The second kappa shape index (κ2) is 9.78. The SMILES string of the molecule is O=C(CNCCCn1ccnc1)Nc1ccc(S(=O)(=O)N2CCOCC2)cc1. The Hall–Kier alpha value is -2.27. The van der Waals surface area contributed by atoms with Crippen molar-refractivity contribution in [3.05, 3.63) is 43.0 Å². The van der Waals surface area contributed by atoms with Crippen LogP contribution in [0.4, 0.5) is 5.69 Å². The second-order valence-electron chi connectivity index (χ2n) is 6.42. The van der Waals surface area contributed by atoms with E-state index in [0.717, 1.165) is 13.0 Å². The summed E-state index contributed by atoms with van der Waals surface area (Å²) in [7, 11) is -3.52. The molecule has 152 valence electrons. The van der Waals surface area contributed by atoms with Crippen LogP contribution in [-0.2, 0) is 26.1 Å². The van der Waals surface area contributed by atoms with Gasteiger partial charge in [-0.3, -0.25) is 4.79 Å². The number of imidazole rings is 1.